The van der Waals surface area contributed by atoms with Crippen molar-refractivity contribution in [2.75, 3.05) is 13.2 Å². The van der Waals surface area contributed by atoms with Gasteiger partial charge in [-0.1, -0.05) is 30.3 Å². The molecule has 0 aliphatic rings. The largest absolute Gasteiger partial charge is 0.490 e. The summed E-state index contributed by atoms with van der Waals surface area (Å²) in [5.74, 6) is 0.640. The van der Waals surface area contributed by atoms with E-state index in [1.807, 2.05) is 54.6 Å². The van der Waals surface area contributed by atoms with E-state index in [0.717, 1.165) is 26.6 Å². The average Bonchev–Trinajstić information content (AvgIpc) is 3.22. The van der Waals surface area contributed by atoms with Crippen LogP contribution in [0.5, 0.6) is 5.75 Å². The van der Waals surface area contributed by atoms with Crippen molar-refractivity contribution in [1.82, 2.24) is 10.3 Å². The van der Waals surface area contributed by atoms with Gasteiger partial charge >= 0.3 is 0 Å². The highest BCUT2D eigenvalue weighted by Crippen LogP contribution is 2.35. The van der Waals surface area contributed by atoms with Crippen LogP contribution in [0, 0.1) is 0 Å². The minimum Gasteiger partial charge on any atom is -0.490 e. The molecule has 1 atom stereocenters. The van der Waals surface area contributed by atoms with Crippen molar-refractivity contribution in [1.29, 1.82) is 0 Å². The first-order valence-electron chi connectivity index (χ1n) is 9.24. The quantitative estimate of drug-likeness (QED) is 0.339. The fraction of sp³-hybridized carbons (Fsp3) is 0.174. The summed E-state index contributed by atoms with van der Waals surface area (Å²) in [6.45, 7) is 6.81. The van der Waals surface area contributed by atoms with Crippen LogP contribution < -0.4 is 10.1 Å². The number of benzene rings is 1. The van der Waals surface area contributed by atoms with E-state index < -0.39 is 6.10 Å². The Bertz CT molecular complexity index is 984. The van der Waals surface area contributed by atoms with E-state index in [2.05, 4.69) is 16.9 Å². The Balaban J connectivity index is 1.48. The number of hydrogen-bond donors (Lipinski definition) is 2. The van der Waals surface area contributed by atoms with Gasteiger partial charge in [-0.25, -0.2) is 0 Å². The summed E-state index contributed by atoms with van der Waals surface area (Å²) in [6.07, 6.45) is 6.92. The number of ether oxygens (including phenoxy) is 1. The van der Waals surface area contributed by atoms with Crippen LogP contribution in [0.1, 0.15) is 23.5 Å². The number of thiophene rings is 1. The molecule has 0 spiro atoms. The van der Waals surface area contributed by atoms with Crippen LogP contribution in [-0.4, -0.2) is 23.2 Å². The minimum absolute atomic E-state index is 0.462. The molecule has 2 N–H and O–H groups in total. The zero-order valence-corrected chi connectivity index (χ0v) is 17.7. The van der Waals surface area contributed by atoms with Crippen LogP contribution in [0.3, 0.4) is 0 Å². The van der Waals surface area contributed by atoms with Gasteiger partial charge in [0.2, 0.25) is 0 Å². The lowest BCUT2D eigenvalue weighted by molar-refractivity contribution is 0.203. The van der Waals surface area contributed by atoms with Crippen LogP contribution in [0.4, 0.5) is 0 Å². The molecule has 3 aromatic rings. The molecule has 0 radical (unpaired) electrons. The molecule has 0 saturated heterocycles. The van der Waals surface area contributed by atoms with Crippen molar-refractivity contribution in [3.05, 3.63) is 88.7 Å². The van der Waals surface area contributed by atoms with Gasteiger partial charge < -0.3 is 15.2 Å². The van der Waals surface area contributed by atoms with Gasteiger partial charge in [0.15, 0.2) is 0 Å². The second-order valence-electron chi connectivity index (χ2n) is 6.44. The number of halogens is 1. The molecule has 6 heteroatoms. The number of pyridine rings is 1. The predicted molar refractivity (Wildman–Crippen MR) is 121 cm³/mol. The molecule has 0 aliphatic heterocycles. The van der Waals surface area contributed by atoms with E-state index in [0.29, 0.717) is 23.9 Å². The molecule has 2 heterocycles. The number of aromatic nitrogens is 1. The minimum atomic E-state index is -0.465. The highest BCUT2D eigenvalue weighted by Gasteiger charge is 2.09. The summed E-state index contributed by atoms with van der Waals surface area (Å²) in [6, 6.07) is 13.5. The van der Waals surface area contributed by atoms with Crippen LogP contribution >= 0.6 is 22.9 Å². The van der Waals surface area contributed by atoms with Crippen LogP contribution in [0.2, 0.25) is 5.02 Å². The first-order valence-corrected chi connectivity index (χ1v) is 10.4. The second kappa shape index (κ2) is 10.3. The number of allylic oxidation sites excluding steroid dienone is 1. The van der Waals surface area contributed by atoms with Crippen molar-refractivity contribution >= 4 is 29.0 Å². The Morgan fingerprint density at radius 2 is 2.21 bits per heavy atom. The van der Waals surface area contributed by atoms with E-state index in [1.165, 1.54) is 0 Å². The lowest BCUT2D eigenvalue weighted by Gasteiger charge is -2.10. The Labute approximate surface area is 180 Å². The van der Waals surface area contributed by atoms with Gasteiger partial charge in [0.05, 0.1) is 11.1 Å². The van der Waals surface area contributed by atoms with E-state index in [1.54, 1.807) is 30.7 Å². The van der Waals surface area contributed by atoms with Gasteiger partial charge in [-0.3, -0.25) is 4.98 Å². The monoisotopic (exact) mass is 426 g/mol. The van der Waals surface area contributed by atoms with Crippen molar-refractivity contribution < 1.29 is 9.84 Å². The first kappa shape index (κ1) is 21.1. The summed E-state index contributed by atoms with van der Waals surface area (Å²) in [4.78, 5) is 6.06. The van der Waals surface area contributed by atoms with Gasteiger partial charge in [0.25, 0.3) is 0 Å². The second-order valence-corrected chi connectivity index (χ2v) is 7.97. The number of hydrogen-bond acceptors (Lipinski definition) is 5. The molecule has 0 bridgehead atoms. The zero-order valence-electron chi connectivity index (χ0n) is 16.1. The van der Waals surface area contributed by atoms with Gasteiger partial charge in [-0.2, -0.15) is 0 Å². The van der Waals surface area contributed by atoms with Gasteiger partial charge in [-0.15, -0.1) is 11.3 Å². The lowest BCUT2D eigenvalue weighted by atomic mass is 10.2. The fourth-order valence-corrected chi connectivity index (χ4v) is 3.78. The van der Waals surface area contributed by atoms with Crippen molar-refractivity contribution in [3.63, 3.8) is 0 Å². The zero-order chi connectivity index (χ0) is 20.6. The highest BCUT2D eigenvalue weighted by atomic mass is 35.5. The maximum Gasteiger partial charge on any atom is 0.138 e. The van der Waals surface area contributed by atoms with Gasteiger partial charge in [0, 0.05) is 34.4 Å². The molecule has 4 nitrogen and oxygen atoms in total. The van der Waals surface area contributed by atoms with E-state index in [9.17, 15) is 5.11 Å². The molecule has 0 amide bonds. The molecule has 1 unspecified atom stereocenters. The fourth-order valence-electron chi connectivity index (χ4n) is 2.61. The molecule has 0 fully saturated rings. The smallest absolute Gasteiger partial charge is 0.138 e. The normalized spacial score (nSPS) is 12.1. The third-order valence-electron chi connectivity index (χ3n) is 4.13. The first-order chi connectivity index (χ1) is 14.0. The molecule has 1 aromatic carbocycles. The van der Waals surface area contributed by atoms with Gasteiger partial charge in [0.1, 0.15) is 12.4 Å². The molecule has 29 heavy (non-hydrogen) atoms. The summed E-state index contributed by atoms with van der Waals surface area (Å²) >= 11 is 7.94. The predicted octanol–water partition coefficient (Wildman–Crippen LogP) is 5.71. The Kier molecular flexibility index (Phi) is 7.47. The molecular weight excluding hydrogens is 404 g/mol. The van der Waals surface area contributed by atoms with E-state index >= 15 is 0 Å². The van der Waals surface area contributed by atoms with E-state index in [4.69, 9.17) is 16.3 Å². The maximum atomic E-state index is 9.68. The summed E-state index contributed by atoms with van der Waals surface area (Å²) in [5.41, 5.74) is 2.82. The summed E-state index contributed by atoms with van der Waals surface area (Å²) in [7, 11) is 0. The SMILES string of the molecule is C=C(/C=C/c1cccnc1)NCCOc1ccc(-c2ccc(C(C)O)s2)cc1Cl. The maximum absolute atomic E-state index is 9.68. The van der Waals surface area contributed by atoms with Crippen molar-refractivity contribution in [3.8, 4) is 16.2 Å². The highest BCUT2D eigenvalue weighted by molar-refractivity contribution is 7.15. The summed E-state index contributed by atoms with van der Waals surface area (Å²) in [5, 5.41) is 13.4. The van der Waals surface area contributed by atoms with E-state index in [-0.39, 0.29) is 0 Å². The number of aliphatic hydroxyl groups excluding tert-OH is 1. The standard InChI is InChI=1S/C23H23ClN2O2S/c1-16(5-6-18-4-3-11-25-15-18)26-12-13-28-21-8-7-19(14-20(21)24)23-10-9-22(29-23)17(2)27/h3-11,14-15,17,26-27H,1,12-13H2,2H3/b6-5+. The number of nitrogens with one attached hydrogen (secondary N) is 1. The van der Waals surface area contributed by atoms with Crippen molar-refractivity contribution in [2.45, 2.75) is 13.0 Å². The topological polar surface area (TPSA) is 54.4 Å². The van der Waals surface area contributed by atoms with Gasteiger partial charge in [-0.05, 0) is 60.5 Å². The third-order valence-corrected chi connectivity index (χ3v) is 5.73. The van der Waals surface area contributed by atoms with Crippen LogP contribution in [0.25, 0.3) is 16.5 Å². The average molecular weight is 427 g/mol. The molecule has 2 aromatic heterocycles. The lowest BCUT2D eigenvalue weighted by Crippen LogP contribution is -2.19. The Morgan fingerprint density at radius 3 is 2.90 bits per heavy atom. The Morgan fingerprint density at radius 1 is 1.34 bits per heavy atom. The number of nitrogens with zero attached hydrogens (tertiary/aromatic N) is 1. The van der Waals surface area contributed by atoms with Crippen molar-refractivity contribution in [2.24, 2.45) is 0 Å². The molecule has 3 rings (SSSR count). The van der Waals surface area contributed by atoms with Crippen LogP contribution in [-0.2, 0) is 0 Å². The molecule has 0 saturated carbocycles. The van der Waals surface area contributed by atoms with Crippen LogP contribution in [0.15, 0.2) is 73.2 Å². The number of aliphatic hydroxyl groups is 1. The third kappa shape index (κ3) is 6.19. The Hall–Kier alpha value is -2.60. The molecule has 0 aliphatic carbocycles. The molecular formula is C23H23ClN2O2S. The molecule has 150 valence electrons. The number of rotatable bonds is 9. The summed E-state index contributed by atoms with van der Waals surface area (Å²) < 4.78 is 5.78.